The maximum absolute atomic E-state index is 6.04. The number of nitrogen functional groups attached to an aromatic ring is 1. The number of hydrogen-bond donors (Lipinski definition) is 2. The Hall–Kier alpha value is -1.97. The molecule has 0 aliphatic carbocycles. The van der Waals surface area contributed by atoms with Crippen molar-refractivity contribution in [2.45, 2.75) is 33.6 Å². The molecule has 2 aromatic rings. The molecule has 2 rings (SSSR count). The molecule has 1 aromatic heterocycles. The number of H-pyrrole nitrogens is 1. The zero-order valence-corrected chi connectivity index (χ0v) is 12.7. The summed E-state index contributed by atoms with van der Waals surface area (Å²) in [7, 11) is 1.70. The van der Waals surface area contributed by atoms with Crippen molar-refractivity contribution < 1.29 is 4.74 Å². The summed E-state index contributed by atoms with van der Waals surface area (Å²) in [6.45, 7) is 6.49. The van der Waals surface area contributed by atoms with Gasteiger partial charge < -0.3 is 10.5 Å². The zero-order chi connectivity index (χ0) is 14.7. The number of anilines is 1. The number of aryl methyl sites for hydroxylation is 1. The third-order valence-corrected chi connectivity index (χ3v) is 3.43. The van der Waals surface area contributed by atoms with Gasteiger partial charge in [0.05, 0.1) is 7.11 Å². The van der Waals surface area contributed by atoms with E-state index >= 15 is 0 Å². The van der Waals surface area contributed by atoms with Gasteiger partial charge in [0.25, 0.3) is 0 Å². The van der Waals surface area contributed by atoms with Crippen LogP contribution in [0.15, 0.2) is 18.2 Å². The van der Waals surface area contributed by atoms with Gasteiger partial charge in [0, 0.05) is 11.3 Å². The normalized spacial score (nSPS) is 11.1. The summed E-state index contributed by atoms with van der Waals surface area (Å²) in [6.07, 6.45) is 1.86. The van der Waals surface area contributed by atoms with Crippen LogP contribution < -0.4 is 10.5 Å². The largest absolute Gasteiger partial charge is 0.496 e. The molecule has 1 heterocycles. The smallest absolute Gasteiger partial charge is 0.153 e. The van der Waals surface area contributed by atoms with Crippen LogP contribution in [0.5, 0.6) is 5.75 Å². The van der Waals surface area contributed by atoms with Gasteiger partial charge in [-0.25, -0.2) is 0 Å². The standard InChI is InChI=1S/C16H23N3O/c1-5-11-9-12(6-7-14(11)20-4)15-13(8-10(2)3)18-19-16(15)17/h6-7,9-10H,5,8H2,1-4H3,(H3,17,18,19). The second-order valence-electron chi connectivity index (χ2n) is 5.44. The third-order valence-electron chi connectivity index (χ3n) is 3.43. The SMILES string of the molecule is CCc1cc(-c2c(N)n[nH]c2CC(C)C)ccc1OC. The Morgan fingerprint density at radius 2 is 2.10 bits per heavy atom. The second-order valence-corrected chi connectivity index (χ2v) is 5.44. The Morgan fingerprint density at radius 1 is 1.35 bits per heavy atom. The number of nitrogens with one attached hydrogen (secondary N) is 1. The number of benzene rings is 1. The molecule has 3 N–H and O–H groups in total. The predicted molar refractivity (Wildman–Crippen MR) is 82.9 cm³/mol. The minimum absolute atomic E-state index is 0.553. The van der Waals surface area contributed by atoms with Gasteiger partial charge in [-0.05, 0) is 42.0 Å². The maximum Gasteiger partial charge on any atom is 0.153 e. The molecule has 0 radical (unpaired) electrons. The van der Waals surface area contributed by atoms with Gasteiger partial charge in [0.1, 0.15) is 5.75 Å². The minimum atomic E-state index is 0.553. The van der Waals surface area contributed by atoms with Crippen LogP contribution in [-0.2, 0) is 12.8 Å². The number of rotatable bonds is 5. The first-order valence-corrected chi connectivity index (χ1v) is 7.06. The van der Waals surface area contributed by atoms with Gasteiger partial charge in [-0.2, -0.15) is 5.10 Å². The summed E-state index contributed by atoms with van der Waals surface area (Å²) in [6, 6.07) is 6.19. The highest BCUT2D eigenvalue weighted by atomic mass is 16.5. The number of hydrogen-bond acceptors (Lipinski definition) is 3. The summed E-state index contributed by atoms with van der Waals surface area (Å²) >= 11 is 0. The molecule has 4 nitrogen and oxygen atoms in total. The molecular formula is C16H23N3O. The topological polar surface area (TPSA) is 63.9 Å². The number of nitrogens with two attached hydrogens (primary N) is 1. The lowest BCUT2D eigenvalue weighted by Crippen LogP contribution is -1.98. The predicted octanol–water partition coefficient (Wildman–Crippen LogP) is 3.43. The van der Waals surface area contributed by atoms with Gasteiger partial charge in [0.15, 0.2) is 5.82 Å². The Kier molecular flexibility index (Phi) is 4.32. The van der Waals surface area contributed by atoms with E-state index in [9.17, 15) is 0 Å². The highest BCUT2D eigenvalue weighted by Crippen LogP contribution is 2.32. The van der Waals surface area contributed by atoms with Crippen molar-refractivity contribution in [3.8, 4) is 16.9 Å². The van der Waals surface area contributed by atoms with Crippen LogP contribution in [0, 0.1) is 5.92 Å². The van der Waals surface area contributed by atoms with Crippen LogP contribution in [0.1, 0.15) is 32.0 Å². The first kappa shape index (κ1) is 14.4. The van der Waals surface area contributed by atoms with E-state index in [-0.39, 0.29) is 0 Å². The molecule has 4 heteroatoms. The first-order chi connectivity index (χ1) is 9.56. The third kappa shape index (κ3) is 2.79. The van der Waals surface area contributed by atoms with E-state index in [0.717, 1.165) is 35.4 Å². The number of aromatic amines is 1. The van der Waals surface area contributed by atoms with Crippen LogP contribution in [-0.4, -0.2) is 17.3 Å². The van der Waals surface area contributed by atoms with Crippen LogP contribution in [0.25, 0.3) is 11.1 Å². The van der Waals surface area contributed by atoms with E-state index in [2.05, 4.69) is 37.0 Å². The van der Waals surface area contributed by atoms with Gasteiger partial charge >= 0.3 is 0 Å². The molecule has 20 heavy (non-hydrogen) atoms. The molecule has 0 saturated carbocycles. The van der Waals surface area contributed by atoms with Crippen LogP contribution in [0.4, 0.5) is 5.82 Å². The van der Waals surface area contributed by atoms with E-state index < -0.39 is 0 Å². The second kappa shape index (κ2) is 5.99. The summed E-state index contributed by atoms with van der Waals surface area (Å²) in [5.41, 5.74) is 10.4. The van der Waals surface area contributed by atoms with Gasteiger partial charge in [-0.15, -0.1) is 0 Å². The van der Waals surface area contributed by atoms with Gasteiger partial charge in [0.2, 0.25) is 0 Å². The summed E-state index contributed by atoms with van der Waals surface area (Å²) < 4.78 is 5.38. The van der Waals surface area contributed by atoms with Crippen molar-refractivity contribution in [2.75, 3.05) is 12.8 Å². The lowest BCUT2D eigenvalue weighted by atomic mass is 9.97. The monoisotopic (exact) mass is 273 g/mol. The molecule has 0 bridgehead atoms. The summed E-state index contributed by atoms with van der Waals surface area (Å²) in [4.78, 5) is 0. The maximum atomic E-state index is 6.04. The zero-order valence-electron chi connectivity index (χ0n) is 12.7. The Bertz CT molecular complexity index is 587. The van der Waals surface area contributed by atoms with E-state index in [0.29, 0.717) is 11.7 Å². The molecule has 0 amide bonds. The number of ether oxygens (including phenoxy) is 1. The van der Waals surface area contributed by atoms with Crippen LogP contribution >= 0.6 is 0 Å². The molecule has 0 aliphatic rings. The quantitative estimate of drug-likeness (QED) is 0.877. The number of aromatic nitrogens is 2. The number of methoxy groups -OCH3 is 1. The minimum Gasteiger partial charge on any atom is -0.496 e. The summed E-state index contributed by atoms with van der Waals surface area (Å²) in [5, 5.41) is 7.23. The van der Waals surface area contributed by atoms with Crippen molar-refractivity contribution in [2.24, 2.45) is 5.92 Å². The average molecular weight is 273 g/mol. The van der Waals surface area contributed by atoms with Crippen LogP contribution in [0.2, 0.25) is 0 Å². The van der Waals surface area contributed by atoms with Crippen LogP contribution in [0.3, 0.4) is 0 Å². The fraction of sp³-hybridized carbons (Fsp3) is 0.438. The van der Waals surface area contributed by atoms with Crippen molar-refractivity contribution in [3.05, 3.63) is 29.5 Å². The molecule has 0 fully saturated rings. The van der Waals surface area contributed by atoms with E-state index in [1.165, 1.54) is 5.56 Å². The highest BCUT2D eigenvalue weighted by molar-refractivity contribution is 5.77. The number of nitrogens with zero attached hydrogens (tertiary/aromatic N) is 1. The molecular weight excluding hydrogens is 250 g/mol. The Labute approximate surface area is 120 Å². The molecule has 0 atom stereocenters. The molecule has 0 spiro atoms. The van der Waals surface area contributed by atoms with Crippen molar-refractivity contribution in [1.82, 2.24) is 10.2 Å². The lowest BCUT2D eigenvalue weighted by molar-refractivity contribution is 0.410. The van der Waals surface area contributed by atoms with E-state index in [4.69, 9.17) is 10.5 Å². The van der Waals surface area contributed by atoms with E-state index in [1.54, 1.807) is 7.11 Å². The molecule has 0 aliphatic heterocycles. The molecule has 108 valence electrons. The van der Waals surface area contributed by atoms with Gasteiger partial charge in [-0.1, -0.05) is 26.8 Å². The Balaban J connectivity index is 2.48. The van der Waals surface area contributed by atoms with Crippen molar-refractivity contribution in [3.63, 3.8) is 0 Å². The molecule has 0 unspecified atom stereocenters. The lowest BCUT2D eigenvalue weighted by Gasteiger charge is -2.11. The molecule has 0 saturated heterocycles. The van der Waals surface area contributed by atoms with E-state index in [1.807, 2.05) is 12.1 Å². The molecule has 1 aromatic carbocycles. The average Bonchev–Trinajstić information content (AvgIpc) is 2.78. The van der Waals surface area contributed by atoms with Gasteiger partial charge in [-0.3, -0.25) is 5.10 Å². The fourth-order valence-corrected chi connectivity index (χ4v) is 2.48. The van der Waals surface area contributed by atoms with Crippen molar-refractivity contribution >= 4 is 5.82 Å². The fourth-order valence-electron chi connectivity index (χ4n) is 2.48. The first-order valence-electron chi connectivity index (χ1n) is 7.06. The van der Waals surface area contributed by atoms with Crippen molar-refractivity contribution in [1.29, 1.82) is 0 Å². The highest BCUT2D eigenvalue weighted by Gasteiger charge is 2.15. The summed E-state index contributed by atoms with van der Waals surface area (Å²) in [5.74, 6) is 2.04. The Morgan fingerprint density at radius 3 is 2.70 bits per heavy atom.